The summed E-state index contributed by atoms with van der Waals surface area (Å²) in [7, 11) is 3.17. The van der Waals surface area contributed by atoms with Crippen LogP contribution in [0.25, 0.3) is 0 Å². The minimum Gasteiger partial charge on any atom is -0.497 e. The number of aromatic nitrogens is 1. The van der Waals surface area contributed by atoms with Crippen LogP contribution in [-0.2, 0) is 16.1 Å². The van der Waals surface area contributed by atoms with Crippen LogP contribution in [0.5, 0.6) is 5.75 Å². The molecule has 0 saturated carbocycles. The first kappa shape index (κ1) is 24.5. The lowest BCUT2D eigenvalue weighted by molar-refractivity contribution is -0.137. The van der Waals surface area contributed by atoms with Gasteiger partial charge in [-0.05, 0) is 42.2 Å². The van der Waals surface area contributed by atoms with Gasteiger partial charge in [-0.1, -0.05) is 18.2 Å². The predicted octanol–water partition coefficient (Wildman–Crippen LogP) is 1.73. The summed E-state index contributed by atoms with van der Waals surface area (Å²) in [5, 5.41) is 0. The molecule has 192 valence electrons. The van der Waals surface area contributed by atoms with Gasteiger partial charge in [-0.25, -0.2) is 9.78 Å². The lowest BCUT2D eigenvalue weighted by Crippen LogP contribution is -2.55. The lowest BCUT2D eigenvalue weighted by atomic mass is 9.86. The number of hydrogen-bond acceptors (Lipinski definition) is 7. The van der Waals surface area contributed by atoms with Gasteiger partial charge >= 0.3 is 6.03 Å². The van der Waals surface area contributed by atoms with E-state index in [1.165, 1.54) is 7.11 Å². The molecular weight excluding hydrogens is 460 g/mol. The Balaban J connectivity index is 1.39. The number of rotatable bonds is 7. The van der Waals surface area contributed by atoms with Gasteiger partial charge in [-0.3, -0.25) is 20.5 Å². The zero-order chi connectivity index (χ0) is 25.1. The molecule has 2 aromatic rings. The molecule has 0 unspecified atom stereocenters. The van der Waals surface area contributed by atoms with Gasteiger partial charge in [0, 0.05) is 51.9 Å². The first-order chi connectivity index (χ1) is 17.5. The van der Waals surface area contributed by atoms with Crippen molar-refractivity contribution in [2.45, 2.75) is 30.8 Å². The summed E-state index contributed by atoms with van der Waals surface area (Å²) < 4.78 is 10.4. The van der Waals surface area contributed by atoms with Crippen LogP contribution < -0.4 is 20.5 Å². The number of methoxy groups -OCH3 is 2. The summed E-state index contributed by atoms with van der Waals surface area (Å²) in [4.78, 5) is 36.6. The Morgan fingerprint density at radius 1 is 1.14 bits per heavy atom. The van der Waals surface area contributed by atoms with Crippen LogP contribution in [0.3, 0.4) is 0 Å². The number of piperidine rings is 1. The number of carbonyl (C=O) groups is 2. The molecule has 3 aliphatic heterocycles. The number of hydrazine groups is 1. The molecule has 10 heteroatoms. The maximum atomic E-state index is 13.9. The van der Waals surface area contributed by atoms with E-state index in [-0.39, 0.29) is 24.1 Å². The number of benzene rings is 1. The smallest absolute Gasteiger partial charge is 0.326 e. The summed E-state index contributed by atoms with van der Waals surface area (Å²) in [5.41, 5.74) is 8.07. The molecule has 3 saturated heterocycles. The number of nitrogens with one attached hydrogen (secondary N) is 2. The van der Waals surface area contributed by atoms with E-state index in [1.807, 2.05) is 46.3 Å². The Labute approximate surface area is 211 Å². The zero-order valence-corrected chi connectivity index (χ0v) is 20.9. The van der Waals surface area contributed by atoms with Gasteiger partial charge < -0.3 is 19.3 Å². The third-order valence-corrected chi connectivity index (χ3v) is 7.62. The van der Waals surface area contributed by atoms with Gasteiger partial charge in [0.25, 0.3) is 0 Å². The highest BCUT2D eigenvalue weighted by Crippen LogP contribution is 2.39. The molecule has 1 aromatic carbocycles. The number of ether oxygens (including phenoxy) is 2. The summed E-state index contributed by atoms with van der Waals surface area (Å²) in [6.07, 6.45) is 3.28. The molecule has 36 heavy (non-hydrogen) atoms. The monoisotopic (exact) mass is 494 g/mol. The van der Waals surface area contributed by atoms with Crippen molar-refractivity contribution < 1.29 is 19.1 Å². The van der Waals surface area contributed by atoms with Crippen LogP contribution in [-0.4, -0.2) is 85.8 Å². The summed E-state index contributed by atoms with van der Waals surface area (Å²) in [6, 6.07) is 11.8. The highest BCUT2D eigenvalue weighted by Gasteiger charge is 2.52. The number of likely N-dealkylation sites (tertiary alicyclic amines) is 1. The highest BCUT2D eigenvalue weighted by molar-refractivity contribution is 5.94. The first-order valence-electron chi connectivity index (χ1n) is 12.4. The third-order valence-electron chi connectivity index (χ3n) is 7.62. The zero-order valence-electron chi connectivity index (χ0n) is 20.9. The molecular formula is C26H34N6O4. The molecule has 5 rings (SSSR count). The van der Waals surface area contributed by atoms with Crippen LogP contribution in [0.4, 0.5) is 10.6 Å². The fourth-order valence-corrected chi connectivity index (χ4v) is 5.48. The number of pyridine rings is 1. The largest absolute Gasteiger partial charge is 0.497 e. The first-order valence-corrected chi connectivity index (χ1v) is 12.4. The van der Waals surface area contributed by atoms with Crippen LogP contribution in [0, 0.1) is 0 Å². The van der Waals surface area contributed by atoms with Crippen molar-refractivity contribution in [1.29, 1.82) is 0 Å². The minimum absolute atomic E-state index is 0.0129. The topological polar surface area (TPSA) is 99.3 Å². The average Bonchev–Trinajstić information content (AvgIpc) is 3.53. The van der Waals surface area contributed by atoms with Gasteiger partial charge in [-0.15, -0.1) is 0 Å². The second-order valence-electron chi connectivity index (χ2n) is 9.75. The van der Waals surface area contributed by atoms with Crippen molar-refractivity contribution in [2.24, 2.45) is 0 Å². The van der Waals surface area contributed by atoms with E-state index in [0.717, 1.165) is 30.0 Å². The van der Waals surface area contributed by atoms with Crippen molar-refractivity contribution in [2.75, 3.05) is 58.5 Å². The maximum absolute atomic E-state index is 13.9. The quantitative estimate of drug-likeness (QED) is 0.605. The molecule has 1 aromatic heterocycles. The molecule has 3 amide bonds. The Morgan fingerprint density at radius 2 is 1.92 bits per heavy atom. The van der Waals surface area contributed by atoms with E-state index < -0.39 is 0 Å². The molecule has 3 fully saturated rings. The van der Waals surface area contributed by atoms with Crippen molar-refractivity contribution in [1.82, 2.24) is 25.6 Å². The van der Waals surface area contributed by atoms with Crippen LogP contribution in [0.15, 0.2) is 42.6 Å². The van der Waals surface area contributed by atoms with Gasteiger partial charge in [0.2, 0.25) is 5.91 Å². The maximum Gasteiger partial charge on any atom is 0.326 e. The molecule has 1 spiro atoms. The second kappa shape index (κ2) is 10.4. The van der Waals surface area contributed by atoms with Crippen molar-refractivity contribution >= 4 is 17.8 Å². The average molecular weight is 495 g/mol. The number of urea groups is 1. The summed E-state index contributed by atoms with van der Waals surface area (Å²) in [6.45, 7) is 3.99. The van der Waals surface area contributed by atoms with Crippen LogP contribution in [0.2, 0.25) is 0 Å². The minimum atomic E-state index is -0.385. The van der Waals surface area contributed by atoms with Crippen LogP contribution >= 0.6 is 0 Å². The van der Waals surface area contributed by atoms with E-state index >= 15 is 0 Å². The second-order valence-corrected chi connectivity index (χ2v) is 9.75. The number of amides is 3. The fourth-order valence-electron chi connectivity index (χ4n) is 5.48. The predicted molar refractivity (Wildman–Crippen MR) is 135 cm³/mol. The standard InChI is InChI=1S/C26H34N6O4/c1-35-17-24(33)30-10-8-26(9-11-30)18-31(23-7-6-20(13-27-23)21-14-28-29-15-21)25(34)32(26)16-19-4-3-5-22(12-19)36-2/h3-7,12-13,21,28-29H,8-11,14-18H2,1-2H3. The summed E-state index contributed by atoms with van der Waals surface area (Å²) >= 11 is 0. The van der Waals surface area contributed by atoms with Gasteiger partial charge in [0.15, 0.2) is 0 Å². The number of hydrogen-bond donors (Lipinski definition) is 2. The molecule has 3 aliphatic rings. The molecule has 0 radical (unpaired) electrons. The summed E-state index contributed by atoms with van der Waals surface area (Å²) in [5.74, 6) is 1.78. The third kappa shape index (κ3) is 4.76. The number of anilines is 1. The van der Waals surface area contributed by atoms with Crippen molar-refractivity contribution in [3.8, 4) is 5.75 Å². The molecule has 4 heterocycles. The van der Waals surface area contributed by atoms with Crippen LogP contribution in [0.1, 0.15) is 29.9 Å². The van der Waals surface area contributed by atoms with E-state index in [9.17, 15) is 9.59 Å². The van der Waals surface area contributed by atoms with Crippen molar-refractivity contribution in [3.05, 3.63) is 53.7 Å². The SMILES string of the molecule is COCC(=O)N1CCC2(CC1)CN(c1ccc(C3CNNC3)cn1)C(=O)N2Cc1cccc(OC)c1. The van der Waals surface area contributed by atoms with E-state index in [4.69, 9.17) is 14.5 Å². The van der Waals surface area contributed by atoms with E-state index in [1.54, 1.807) is 12.0 Å². The highest BCUT2D eigenvalue weighted by atomic mass is 16.5. The normalized spacial score (nSPS) is 19.9. The molecule has 0 aliphatic carbocycles. The Kier molecular flexibility index (Phi) is 7.08. The van der Waals surface area contributed by atoms with Gasteiger partial charge in [0.05, 0.1) is 19.2 Å². The van der Waals surface area contributed by atoms with E-state index in [0.29, 0.717) is 50.8 Å². The Morgan fingerprint density at radius 3 is 2.58 bits per heavy atom. The Bertz CT molecular complexity index is 1080. The molecule has 0 bridgehead atoms. The lowest BCUT2D eigenvalue weighted by Gasteiger charge is -2.43. The number of carbonyl (C=O) groups excluding carboxylic acids is 2. The Hall–Kier alpha value is -3.21. The van der Waals surface area contributed by atoms with Gasteiger partial charge in [0.1, 0.15) is 18.2 Å². The van der Waals surface area contributed by atoms with Gasteiger partial charge in [-0.2, -0.15) is 0 Å². The molecule has 0 atom stereocenters. The number of nitrogens with zero attached hydrogens (tertiary/aromatic N) is 4. The van der Waals surface area contributed by atoms with E-state index in [2.05, 4.69) is 16.9 Å². The fraction of sp³-hybridized carbons (Fsp3) is 0.500. The van der Waals surface area contributed by atoms with Crippen molar-refractivity contribution in [3.63, 3.8) is 0 Å². The molecule has 2 N–H and O–H groups in total. The molecule has 10 nitrogen and oxygen atoms in total.